The third-order valence-electron chi connectivity index (χ3n) is 4.15. The molecule has 10 nitrogen and oxygen atoms in total. The van der Waals surface area contributed by atoms with Crippen molar-refractivity contribution in [3.63, 3.8) is 0 Å². The van der Waals surface area contributed by atoms with Crippen molar-refractivity contribution in [1.82, 2.24) is 0 Å². The molecule has 0 radical (unpaired) electrons. The maximum absolute atomic E-state index is 10.8. The van der Waals surface area contributed by atoms with Crippen molar-refractivity contribution >= 4 is 6.29 Å². The molecule has 0 aromatic heterocycles. The minimum absolute atomic E-state index is 0.0275. The Balaban J connectivity index is 3.90. The maximum Gasteiger partial charge on any atom is 0.699 e. The standard InChI is InChI=1S/C18H27N3O7/c22-17-15-13-11-9-7-5-3-1-2-4-6-8-10-12-14-16-18(19(23)24,20(25)26)21(27)28/h1-2,17H,3-5,7,9-16H2. The fourth-order valence-electron chi connectivity index (χ4n) is 2.49. The first-order valence-corrected chi connectivity index (χ1v) is 9.37. The highest BCUT2D eigenvalue weighted by Gasteiger charge is 2.69. The predicted molar refractivity (Wildman–Crippen MR) is 102 cm³/mol. The zero-order valence-corrected chi connectivity index (χ0v) is 15.9. The van der Waals surface area contributed by atoms with Crippen LogP contribution in [0.15, 0.2) is 12.2 Å². The van der Waals surface area contributed by atoms with Crippen LogP contribution in [0.25, 0.3) is 0 Å². The first-order valence-electron chi connectivity index (χ1n) is 9.37. The summed E-state index contributed by atoms with van der Waals surface area (Å²) < 4.78 is 0. The molecule has 0 rings (SSSR count). The van der Waals surface area contributed by atoms with Crippen LogP contribution < -0.4 is 0 Å². The van der Waals surface area contributed by atoms with E-state index in [0.29, 0.717) is 25.7 Å². The molecule has 156 valence electrons. The van der Waals surface area contributed by atoms with Gasteiger partial charge in [-0.15, -0.1) is 5.92 Å². The fraction of sp³-hybridized carbons (Fsp3) is 0.722. The van der Waals surface area contributed by atoms with Crippen LogP contribution in [0, 0.1) is 42.2 Å². The van der Waals surface area contributed by atoms with Gasteiger partial charge in [-0.2, -0.15) is 0 Å². The number of nitrogens with zero attached hydrogens (tertiary/aromatic N) is 3. The van der Waals surface area contributed by atoms with Gasteiger partial charge in [-0.05, 0) is 32.1 Å². The number of nitro groups is 3. The first kappa shape index (κ1) is 25.2. The van der Waals surface area contributed by atoms with Crippen LogP contribution in [0.1, 0.15) is 77.0 Å². The van der Waals surface area contributed by atoms with Crippen molar-refractivity contribution in [2.24, 2.45) is 0 Å². The van der Waals surface area contributed by atoms with E-state index in [0.717, 1.165) is 44.8 Å². The Morgan fingerprint density at radius 2 is 1.29 bits per heavy atom. The van der Waals surface area contributed by atoms with Gasteiger partial charge in [0.25, 0.3) is 0 Å². The van der Waals surface area contributed by atoms with Gasteiger partial charge in [-0.1, -0.05) is 37.3 Å². The zero-order chi connectivity index (χ0) is 21.3. The van der Waals surface area contributed by atoms with E-state index in [1.165, 1.54) is 0 Å². The molecule has 0 aliphatic heterocycles. The number of unbranched alkanes of at least 4 members (excludes halogenated alkanes) is 8. The molecule has 28 heavy (non-hydrogen) atoms. The number of carbonyl (C=O) groups is 1. The summed E-state index contributed by atoms with van der Waals surface area (Å²) in [4.78, 5) is 38.1. The summed E-state index contributed by atoms with van der Waals surface area (Å²) in [5.74, 6) is 2.39. The molecule has 0 aromatic rings. The Kier molecular flexibility index (Phi) is 13.7. The van der Waals surface area contributed by atoms with Gasteiger partial charge in [0.1, 0.15) is 6.29 Å². The van der Waals surface area contributed by atoms with Crippen molar-refractivity contribution in [2.75, 3.05) is 0 Å². The molecule has 0 fully saturated rings. The van der Waals surface area contributed by atoms with E-state index >= 15 is 0 Å². The van der Waals surface area contributed by atoms with Crippen LogP contribution >= 0.6 is 0 Å². The second-order valence-electron chi connectivity index (χ2n) is 6.29. The first-order chi connectivity index (χ1) is 13.4. The van der Waals surface area contributed by atoms with Crippen molar-refractivity contribution in [2.45, 2.75) is 82.8 Å². The molecule has 10 heteroatoms. The largest absolute Gasteiger partial charge is 0.699 e. The van der Waals surface area contributed by atoms with Crippen molar-refractivity contribution in [3.8, 4) is 11.8 Å². The van der Waals surface area contributed by atoms with Crippen LogP contribution in [0.3, 0.4) is 0 Å². The van der Waals surface area contributed by atoms with Crippen molar-refractivity contribution in [3.05, 3.63) is 42.5 Å². The highest BCUT2D eigenvalue weighted by molar-refractivity contribution is 5.48. The lowest BCUT2D eigenvalue weighted by atomic mass is 10.1. The summed E-state index contributed by atoms with van der Waals surface area (Å²) >= 11 is 0. The molecule has 0 heterocycles. The van der Waals surface area contributed by atoms with Gasteiger partial charge in [0.15, 0.2) is 21.2 Å². The highest BCUT2D eigenvalue weighted by Crippen LogP contribution is 2.20. The Bertz CT molecular complexity index is 572. The molecule has 0 aliphatic rings. The molecular formula is C18H27N3O7. The Morgan fingerprint density at radius 1 is 0.714 bits per heavy atom. The molecule has 0 amide bonds. The summed E-state index contributed by atoms with van der Waals surface area (Å²) in [5, 5.41) is 32.3. The van der Waals surface area contributed by atoms with E-state index in [9.17, 15) is 35.1 Å². The number of allylic oxidation sites excluding steroid dienone is 2. The molecule has 0 spiro atoms. The fourth-order valence-corrected chi connectivity index (χ4v) is 2.49. The second kappa shape index (κ2) is 15.2. The van der Waals surface area contributed by atoms with Crippen molar-refractivity contribution in [1.29, 1.82) is 0 Å². The summed E-state index contributed by atoms with van der Waals surface area (Å²) in [6.07, 6.45) is 12.4. The predicted octanol–water partition coefficient (Wildman–Crippen LogP) is 3.91. The lowest BCUT2D eigenvalue weighted by molar-refractivity contribution is -0.970. The molecule has 0 atom stereocenters. The number of hydrogen-bond acceptors (Lipinski definition) is 7. The molecule has 0 N–H and O–H groups in total. The summed E-state index contributed by atoms with van der Waals surface area (Å²) in [5.41, 5.74) is 0. The topological polar surface area (TPSA) is 146 Å². The monoisotopic (exact) mass is 397 g/mol. The van der Waals surface area contributed by atoms with Gasteiger partial charge in [0, 0.05) is 19.3 Å². The van der Waals surface area contributed by atoms with Gasteiger partial charge in [-0.3, -0.25) is 30.3 Å². The molecule has 0 saturated heterocycles. The maximum atomic E-state index is 10.8. The van der Waals surface area contributed by atoms with Crippen LogP contribution in [0.5, 0.6) is 0 Å². The lowest BCUT2D eigenvalue weighted by Crippen LogP contribution is -2.53. The lowest BCUT2D eigenvalue weighted by Gasteiger charge is -2.07. The van der Waals surface area contributed by atoms with Crippen LogP contribution in [-0.2, 0) is 4.79 Å². The van der Waals surface area contributed by atoms with Crippen molar-refractivity contribution < 1.29 is 19.6 Å². The molecule has 0 aromatic carbocycles. The zero-order valence-electron chi connectivity index (χ0n) is 15.9. The van der Waals surface area contributed by atoms with Gasteiger partial charge in [0.05, 0.1) is 0 Å². The van der Waals surface area contributed by atoms with E-state index in [1.807, 2.05) is 6.08 Å². The summed E-state index contributed by atoms with van der Waals surface area (Å²) in [6, 6.07) is 0. The van der Waals surface area contributed by atoms with E-state index < -0.39 is 27.0 Å². The number of rotatable bonds is 16. The smallest absolute Gasteiger partial charge is 0.303 e. The van der Waals surface area contributed by atoms with E-state index in [4.69, 9.17) is 0 Å². The van der Waals surface area contributed by atoms with Crippen LogP contribution in [0.2, 0.25) is 0 Å². The summed E-state index contributed by atoms with van der Waals surface area (Å²) in [6.45, 7) is 0. The Labute approximate surface area is 163 Å². The quantitative estimate of drug-likeness (QED) is 0.0729. The van der Waals surface area contributed by atoms with Gasteiger partial charge < -0.3 is 4.79 Å². The van der Waals surface area contributed by atoms with Gasteiger partial charge in [0.2, 0.25) is 0 Å². The minimum atomic E-state index is -3.37. The van der Waals surface area contributed by atoms with Crippen LogP contribution in [0.4, 0.5) is 0 Å². The van der Waals surface area contributed by atoms with E-state index in [2.05, 4.69) is 17.9 Å². The molecule has 0 bridgehead atoms. The Hall–Kier alpha value is -2.83. The second-order valence-corrected chi connectivity index (χ2v) is 6.29. The average Bonchev–Trinajstić information content (AvgIpc) is 2.63. The van der Waals surface area contributed by atoms with Gasteiger partial charge >= 0.3 is 5.79 Å². The highest BCUT2D eigenvalue weighted by atomic mass is 16.7. The molecule has 0 unspecified atom stereocenters. The average molecular weight is 397 g/mol. The number of aldehydes is 1. The molecule has 0 saturated carbocycles. The van der Waals surface area contributed by atoms with Gasteiger partial charge in [-0.25, -0.2) is 0 Å². The summed E-state index contributed by atoms with van der Waals surface area (Å²) in [7, 11) is 0. The Morgan fingerprint density at radius 3 is 1.86 bits per heavy atom. The third-order valence-corrected chi connectivity index (χ3v) is 4.15. The SMILES string of the molecule is O=CCCCCCCCC=CCC#CCCCCC([N+](=O)[O-])([N+](=O)[O-])[N+](=O)[O-]. The van der Waals surface area contributed by atoms with Crippen LogP contribution in [-0.4, -0.2) is 26.8 Å². The van der Waals surface area contributed by atoms with E-state index in [-0.39, 0.29) is 6.42 Å². The normalized spacial score (nSPS) is 11.0. The number of carbonyl (C=O) groups excluding carboxylic acids is 1. The number of hydrogen-bond donors (Lipinski definition) is 0. The third kappa shape index (κ3) is 9.75. The van der Waals surface area contributed by atoms with E-state index in [1.54, 1.807) is 0 Å². The minimum Gasteiger partial charge on any atom is -0.303 e. The molecule has 0 aliphatic carbocycles. The molecular weight excluding hydrogens is 370 g/mol.